The van der Waals surface area contributed by atoms with E-state index in [1.165, 1.54) is 48.3 Å². The second kappa shape index (κ2) is 12.5. The molecule has 1 aromatic rings. The van der Waals surface area contributed by atoms with Crippen LogP contribution in [0.15, 0.2) is 12.1 Å². The standard InChI is InChI=1S/C18H27ClO3S/c1-2-22-18(21)14-16(20)17-12-11-15(23-17)10-8-6-4-3-5-7-9-13-19/h11-12H,2-10,13-14H2,1H3. The van der Waals surface area contributed by atoms with Crippen molar-refractivity contribution in [3.63, 3.8) is 0 Å². The van der Waals surface area contributed by atoms with E-state index in [1.807, 2.05) is 12.1 Å². The van der Waals surface area contributed by atoms with E-state index in [4.69, 9.17) is 16.3 Å². The van der Waals surface area contributed by atoms with Crippen LogP contribution in [-0.2, 0) is 16.0 Å². The van der Waals surface area contributed by atoms with E-state index < -0.39 is 5.97 Å². The summed E-state index contributed by atoms with van der Waals surface area (Å²) >= 11 is 7.16. The zero-order valence-electron chi connectivity index (χ0n) is 13.9. The van der Waals surface area contributed by atoms with E-state index in [2.05, 4.69) is 0 Å². The fourth-order valence-electron chi connectivity index (χ4n) is 2.37. The van der Waals surface area contributed by atoms with Crippen LogP contribution in [0.25, 0.3) is 0 Å². The lowest BCUT2D eigenvalue weighted by molar-refractivity contribution is -0.141. The first kappa shape index (κ1) is 20.2. The van der Waals surface area contributed by atoms with Crippen molar-refractivity contribution in [3.05, 3.63) is 21.9 Å². The Balaban J connectivity index is 2.18. The molecular weight excluding hydrogens is 332 g/mol. The van der Waals surface area contributed by atoms with Crippen LogP contribution in [0.2, 0.25) is 0 Å². The van der Waals surface area contributed by atoms with Gasteiger partial charge in [-0.15, -0.1) is 22.9 Å². The van der Waals surface area contributed by atoms with Gasteiger partial charge in [-0.3, -0.25) is 9.59 Å². The highest BCUT2D eigenvalue weighted by molar-refractivity contribution is 7.14. The smallest absolute Gasteiger partial charge is 0.313 e. The zero-order chi connectivity index (χ0) is 16.9. The van der Waals surface area contributed by atoms with E-state index in [0.29, 0.717) is 11.5 Å². The molecule has 0 aromatic carbocycles. The normalized spacial score (nSPS) is 10.7. The Morgan fingerprint density at radius 3 is 2.35 bits per heavy atom. The van der Waals surface area contributed by atoms with Crippen molar-refractivity contribution in [2.24, 2.45) is 0 Å². The summed E-state index contributed by atoms with van der Waals surface area (Å²) in [4.78, 5) is 25.2. The fourth-order valence-corrected chi connectivity index (χ4v) is 3.55. The summed E-state index contributed by atoms with van der Waals surface area (Å²) in [6, 6.07) is 3.83. The summed E-state index contributed by atoms with van der Waals surface area (Å²) in [5, 5.41) is 0. The second-order valence-electron chi connectivity index (χ2n) is 5.58. The van der Waals surface area contributed by atoms with Crippen molar-refractivity contribution in [1.82, 2.24) is 0 Å². The number of carbonyl (C=O) groups excluding carboxylic acids is 2. The number of ketones is 1. The maximum absolute atomic E-state index is 11.9. The fraction of sp³-hybridized carbons (Fsp3) is 0.667. The molecule has 130 valence electrons. The van der Waals surface area contributed by atoms with Gasteiger partial charge in [-0.25, -0.2) is 0 Å². The van der Waals surface area contributed by atoms with Gasteiger partial charge in [0.05, 0.1) is 11.5 Å². The SMILES string of the molecule is CCOC(=O)CC(=O)c1ccc(CCCCCCCCCCl)s1. The van der Waals surface area contributed by atoms with Gasteiger partial charge >= 0.3 is 5.97 Å². The van der Waals surface area contributed by atoms with Gasteiger partial charge in [-0.2, -0.15) is 0 Å². The summed E-state index contributed by atoms with van der Waals surface area (Å²) in [5.41, 5.74) is 0. The van der Waals surface area contributed by atoms with Crippen LogP contribution in [-0.4, -0.2) is 24.2 Å². The van der Waals surface area contributed by atoms with Crippen LogP contribution in [0.3, 0.4) is 0 Å². The molecule has 0 bridgehead atoms. The average Bonchev–Trinajstić information content (AvgIpc) is 2.99. The van der Waals surface area contributed by atoms with Gasteiger partial charge < -0.3 is 4.74 Å². The molecule has 0 amide bonds. The first-order valence-corrected chi connectivity index (χ1v) is 9.86. The molecule has 0 aliphatic rings. The summed E-state index contributed by atoms with van der Waals surface area (Å²) in [7, 11) is 0. The Morgan fingerprint density at radius 1 is 1.04 bits per heavy atom. The monoisotopic (exact) mass is 358 g/mol. The third-order valence-electron chi connectivity index (χ3n) is 3.60. The van der Waals surface area contributed by atoms with Crippen molar-refractivity contribution in [1.29, 1.82) is 0 Å². The van der Waals surface area contributed by atoms with Gasteiger partial charge in [0, 0.05) is 10.8 Å². The van der Waals surface area contributed by atoms with Crippen molar-refractivity contribution >= 4 is 34.7 Å². The lowest BCUT2D eigenvalue weighted by atomic mass is 10.1. The minimum absolute atomic E-state index is 0.140. The minimum Gasteiger partial charge on any atom is -0.466 e. The molecule has 5 heteroatoms. The van der Waals surface area contributed by atoms with Crippen LogP contribution in [0, 0.1) is 0 Å². The molecular formula is C18H27ClO3S. The number of aryl methyl sites for hydroxylation is 1. The molecule has 0 radical (unpaired) electrons. The second-order valence-corrected chi connectivity index (χ2v) is 7.13. The van der Waals surface area contributed by atoms with E-state index in [0.717, 1.165) is 25.1 Å². The number of esters is 1. The summed E-state index contributed by atoms with van der Waals surface area (Å²) in [6.45, 7) is 2.05. The molecule has 23 heavy (non-hydrogen) atoms. The number of unbranched alkanes of at least 4 members (excludes halogenated alkanes) is 6. The van der Waals surface area contributed by atoms with Crippen LogP contribution in [0.1, 0.15) is 72.8 Å². The molecule has 0 atom stereocenters. The molecule has 1 aromatic heterocycles. The molecule has 0 N–H and O–H groups in total. The molecule has 0 unspecified atom stereocenters. The number of hydrogen-bond donors (Lipinski definition) is 0. The van der Waals surface area contributed by atoms with Crippen molar-refractivity contribution in [3.8, 4) is 0 Å². The third kappa shape index (κ3) is 9.11. The number of thiophene rings is 1. The van der Waals surface area contributed by atoms with Crippen molar-refractivity contribution in [2.75, 3.05) is 12.5 Å². The summed E-state index contributed by atoms with van der Waals surface area (Å²) in [5.74, 6) is 0.191. The Morgan fingerprint density at radius 2 is 1.70 bits per heavy atom. The Kier molecular flexibility index (Phi) is 11.0. The van der Waals surface area contributed by atoms with Gasteiger partial charge in [-0.05, 0) is 38.3 Å². The summed E-state index contributed by atoms with van der Waals surface area (Å²) in [6.07, 6.45) is 9.42. The van der Waals surface area contributed by atoms with Gasteiger partial charge in [0.2, 0.25) is 0 Å². The van der Waals surface area contributed by atoms with Crippen molar-refractivity contribution < 1.29 is 14.3 Å². The van der Waals surface area contributed by atoms with Gasteiger partial charge in [0.1, 0.15) is 6.42 Å². The molecule has 0 fully saturated rings. The number of rotatable bonds is 13. The molecule has 0 spiro atoms. The number of ether oxygens (including phenoxy) is 1. The largest absolute Gasteiger partial charge is 0.466 e. The summed E-state index contributed by atoms with van der Waals surface area (Å²) < 4.78 is 4.81. The Bertz CT molecular complexity index is 471. The highest BCUT2D eigenvalue weighted by Crippen LogP contribution is 2.21. The predicted octanol–water partition coefficient (Wildman–Crippen LogP) is 5.40. The Hall–Kier alpha value is -0.870. The van der Waals surface area contributed by atoms with Crippen LogP contribution >= 0.6 is 22.9 Å². The minimum atomic E-state index is -0.443. The van der Waals surface area contributed by atoms with E-state index >= 15 is 0 Å². The zero-order valence-corrected chi connectivity index (χ0v) is 15.5. The van der Waals surface area contributed by atoms with Crippen LogP contribution in [0.5, 0.6) is 0 Å². The highest BCUT2D eigenvalue weighted by atomic mass is 35.5. The molecule has 0 saturated heterocycles. The molecule has 1 rings (SSSR count). The van der Waals surface area contributed by atoms with E-state index in [-0.39, 0.29) is 12.2 Å². The number of hydrogen-bond acceptors (Lipinski definition) is 4. The van der Waals surface area contributed by atoms with Gasteiger partial charge in [0.25, 0.3) is 0 Å². The van der Waals surface area contributed by atoms with Crippen molar-refractivity contribution in [2.45, 2.75) is 64.7 Å². The molecule has 0 saturated carbocycles. The quantitative estimate of drug-likeness (QED) is 0.156. The van der Waals surface area contributed by atoms with E-state index in [9.17, 15) is 9.59 Å². The topological polar surface area (TPSA) is 43.4 Å². The third-order valence-corrected chi connectivity index (χ3v) is 5.06. The molecule has 3 nitrogen and oxygen atoms in total. The van der Waals surface area contributed by atoms with E-state index in [1.54, 1.807) is 6.92 Å². The first-order chi connectivity index (χ1) is 11.2. The lowest BCUT2D eigenvalue weighted by Gasteiger charge is -2.01. The van der Waals surface area contributed by atoms with Crippen LogP contribution in [0.4, 0.5) is 0 Å². The number of Topliss-reactive ketones (excluding diaryl/α,β-unsaturated/α-hetero) is 1. The number of alkyl halides is 1. The molecule has 0 aliphatic heterocycles. The predicted molar refractivity (Wildman–Crippen MR) is 96.6 cm³/mol. The number of halogens is 1. The molecule has 1 heterocycles. The van der Waals surface area contributed by atoms with Crippen LogP contribution < -0.4 is 0 Å². The average molecular weight is 359 g/mol. The first-order valence-electron chi connectivity index (χ1n) is 8.51. The van der Waals surface area contributed by atoms with Gasteiger partial charge in [0.15, 0.2) is 5.78 Å². The Labute approximate surface area is 148 Å². The maximum Gasteiger partial charge on any atom is 0.313 e. The number of carbonyl (C=O) groups is 2. The lowest BCUT2D eigenvalue weighted by Crippen LogP contribution is -2.10. The maximum atomic E-state index is 11.9. The highest BCUT2D eigenvalue weighted by Gasteiger charge is 2.14. The molecule has 0 aliphatic carbocycles. The van der Waals surface area contributed by atoms with Gasteiger partial charge in [-0.1, -0.05) is 32.1 Å².